The van der Waals surface area contributed by atoms with Gasteiger partial charge in [-0.3, -0.25) is 4.79 Å². The molecule has 1 aliphatic carbocycles. The number of fused-ring (bicyclic) bond motifs is 2. The quantitative estimate of drug-likeness (QED) is 0.611. The number of aryl methyl sites for hydroxylation is 1. The molecule has 0 saturated heterocycles. The smallest absolute Gasteiger partial charge is 0.308 e. The average molecular weight is 302 g/mol. The van der Waals surface area contributed by atoms with Gasteiger partial charge in [0.2, 0.25) is 0 Å². The Morgan fingerprint density at radius 2 is 2.05 bits per heavy atom. The maximum Gasteiger partial charge on any atom is 0.308 e. The number of carbonyl (C=O) groups is 1. The first-order valence-electron chi connectivity index (χ1n) is 7.72. The van der Waals surface area contributed by atoms with E-state index < -0.39 is 0 Å². The van der Waals surface area contributed by atoms with E-state index in [1.807, 2.05) is 6.92 Å². The minimum Gasteiger partial charge on any atom is -0.493 e. The maximum atomic E-state index is 11.6. The maximum absolute atomic E-state index is 11.6. The summed E-state index contributed by atoms with van der Waals surface area (Å²) in [5.41, 5.74) is 3.85. The van der Waals surface area contributed by atoms with Gasteiger partial charge >= 0.3 is 5.97 Å². The Labute approximate surface area is 130 Å². The molecule has 0 N–H and O–H groups in total. The van der Waals surface area contributed by atoms with Crippen LogP contribution in [0.1, 0.15) is 49.8 Å². The molecule has 0 fully saturated rings. The van der Waals surface area contributed by atoms with E-state index in [-0.39, 0.29) is 5.97 Å². The molecule has 0 radical (unpaired) electrons. The van der Waals surface area contributed by atoms with Gasteiger partial charge in [-0.05, 0) is 37.2 Å². The fourth-order valence-corrected chi connectivity index (χ4v) is 3.77. The first-order chi connectivity index (χ1) is 10.4. The molecule has 0 aliphatic heterocycles. The molecule has 4 heteroatoms. The standard InChI is InChI=1S/C18H22O4/c1-9-6-10(2)14-13(7-9)16(20-5)18-15(11(3)8-21-18)17(14)22-12(4)19/h8-10H,6-7H2,1-5H3/t9-,10-/m0/s1. The predicted octanol–water partition coefficient (Wildman–Crippen LogP) is 4.36. The van der Waals surface area contributed by atoms with Gasteiger partial charge < -0.3 is 13.9 Å². The van der Waals surface area contributed by atoms with Gasteiger partial charge in [-0.2, -0.15) is 0 Å². The highest BCUT2D eigenvalue weighted by atomic mass is 16.5. The topological polar surface area (TPSA) is 48.7 Å². The SMILES string of the molecule is COc1c2c(c(OC(C)=O)c3c(C)coc13)[C@@H](C)C[C@H](C)C2. The molecule has 0 amide bonds. The van der Waals surface area contributed by atoms with Gasteiger partial charge in [0, 0.05) is 18.1 Å². The van der Waals surface area contributed by atoms with Crippen LogP contribution in [0.3, 0.4) is 0 Å². The summed E-state index contributed by atoms with van der Waals surface area (Å²) in [6.45, 7) is 7.82. The van der Waals surface area contributed by atoms with Crippen LogP contribution in [0.25, 0.3) is 11.0 Å². The van der Waals surface area contributed by atoms with Crippen LogP contribution in [0, 0.1) is 12.8 Å². The van der Waals surface area contributed by atoms with E-state index >= 15 is 0 Å². The molecule has 3 rings (SSSR count). The van der Waals surface area contributed by atoms with Gasteiger partial charge in [0.15, 0.2) is 11.3 Å². The van der Waals surface area contributed by atoms with Crippen molar-refractivity contribution in [2.75, 3.05) is 7.11 Å². The molecule has 1 aromatic carbocycles. The molecule has 2 aromatic rings. The third-order valence-electron chi connectivity index (χ3n) is 4.50. The van der Waals surface area contributed by atoms with Crippen molar-refractivity contribution in [2.45, 2.75) is 46.5 Å². The van der Waals surface area contributed by atoms with Crippen LogP contribution in [-0.4, -0.2) is 13.1 Å². The molecule has 0 saturated carbocycles. The van der Waals surface area contributed by atoms with Crippen molar-refractivity contribution in [1.82, 2.24) is 0 Å². The summed E-state index contributed by atoms with van der Waals surface area (Å²) in [6.07, 6.45) is 3.68. The van der Waals surface area contributed by atoms with E-state index in [1.54, 1.807) is 13.4 Å². The van der Waals surface area contributed by atoms with E-state index in [0.717, 1.165) is 40.7 Å². The summed E-state index contributed by atoms with van der Waals surface area (Å²) < 4.78 is 17.0. The second-order valence-corrected chi connectivity index (χ2v) is 6.42. The highest BCUT2D eigenvalue weighted by Gasteiger charge is 2.32. The van der Waals surface area contributed by atoms with Gasteiger partial charge in [-0.15, -0.1) is 0 Å². The predicted molar refractivity (Wildman–Crippen MR) is 84.7 cm³/mol. The largest absolute Gasteiger partial charge is 0.493 e. The number of hydrogen-bond donors (Lipinski definition) is 0. The minimum absolute atomic E-state index is 0.305. The summed E-state index contributed by atoms with van der Waals surface area (Å²) >= 11 is 0. The van der Waals surface area contributed by atoms with Crippen LogP contribution in [0.5, 0.6) is 11.5 Å². The van der Waals surface area contributed by atoms with Crippen LogP contribution in [-0.2, 0) is 11.2 Å². The second-order valence-electron chi connectivity index (χ2n) is 6.42. The molecule has 0 unspecified atom stereocenters. The number of rotatable bonds is 2. The van der Waals surface area contributed by atoms with E-state index in [0.29, 0.717) is 23.2 Å². The molecule has 0 bridgehead atoms. The van der Waals surface area contributed by atoms with Gasteiger partial charge in [-0.1, -0.05) is 13.8 Å². The number of hydrogen-bond acceptors (Lipinski definition) is 4. The molecule has 1 heterocycles. The Morgan fingerprint density at radius 3 is 2.68 bits per heavy atom. The molecular formula is C18H22O4. The van der Waals surface area contributed by atoms with Crippen molar-refractivity contribution >= 4 is 16.9 Å². The number of ether oxygens (including phenoxy) is 2. The zero-order valence-corrected chi connectivity index (χ0v) is 13.8. The zero-order chi connectivity index (χ0) is 16.0. The lowest BCUT2D eigenvalue weighted by Crippen LogP contribution is -2.18. The average Bonchev–Trinajstić information content (AvgIpc) is 2.79. The Balaban J connectivity index is 2.41. The normalized spacial score (nSPS) is 20.8. The number of methoxy groups -OCH3 is 1. The first-order valence-corrected chi connectivity index (χ1v) is 7.72. The summed E-state index contributed by atoms with van der Waals surface area (Å²) in [6, 6.07) is 0. The van der Waals surface area contributed by atoms with Crippen LogP contribution < -0.4 is 9.47 Å². The third kappa shape index (κ3) is 2.18. The highest BCUT2D eigenvalue weighted by molar-refractivity contribution is 5.96. The van der Waals surface area contributed by atoms with Crippen LogP contribution in [0.15, 0.2) is 10.7 Å². The van der Waals surface area contributed by atoms with Crippen molar-refractivity contribution < 1.29 is 18.7 Å². The second kappa shape index (κ2) is 5.34. The lowest BCUT2D eigenvalue weighted by molar-refractivity contribution is -0.131. The van der Waals surface area contributed by atoms with Crippen molar-refractivity contribution in [2.24, 2.45) is 5.92 Å². The lowest BCUT2D eigenvalue weighted by atomic mass is 9.77. The van der Waals surface area contributed by atoms with Crippen LogP contribution in [0.2, 0.25) is 0 Å². The van der Waals surface area contributed by atoms with Crippen molar-refractivity contribution in [3.8, 4) is 11.5 Å². The monoisotopic (exact) mass is 302 g/mol. The van der Waals surface area contributed by atoms with Crippen molar-refractivity contribution in [1.29, 1.82) is 0 Å². The first kappa shape index (κ1) is 14.9. The van der Waals surface area contributed by atoms with Gasteiger partial charge in [0.05, 0.1) is 18.8 Å². The van der Waals surface area contributed by atoms with Crippen LogP contribution in [0.4, 0.5) is 0 Å². The Morgan fingerprint density at radius 1 is 1.32 bits per heavy atom. The fraction of sp³-hybridized carbons (Fsp3) is 0.500. The molecule has 2 atom stereocenters. The van der Waals surface area contributed by atoms with Gasteiger partial charge in [0.25, 0.3) is 0 Å². The molecule has 118 valence electrons. The molecule has 1 aromatic heterocycles. The zero-order valence-electron chi connectivity index (χ0n) is 13.8. The fourth-order valence-electron chi connectivity index (χ4n) is 3.77. The highest BCUT2D eigenvalue weighted by Crippen LogP contribution is 2.50. The number of benzene rings is 1. The number of furan rings is 1. The summed E-state index contributed by atoms with van der Waals surface area (Å²) in [5.74, 6) is 2.02. The number of esters is 1. The lowest BCUT2D eigenvalue weighted by Gasteiger charge is -2.30. The molecular weight excluding hydrogens is 280 g/mol. The molecule has 1 aliphatic rings. The molecule has 22 heavy (non-hydrogen) atoms. The van der Waals surface area contributed by atoms with E-state index in [1.165, 1.54) is 6.92 Å². The Hall–Kier alpha value is -1.97. The van der Waals surface area contributed by atoms with E-state index in [2.05, 4.69) is 13.8 Å². The van der Waals surface area contributed by atoms with Gasteiger partial charge in [-0.25, -0.2) is 0 Å². The van der Waals surface area contributed by atoms with E-state index in [9.17, 15) is 4.79 Å². The van der Waals surface area contributed by atoms with E-state index in [4.69, 9.17) is 13.9 Å². The third-order valence-corrected chi connectivity index (χ3v) is 4.50. The Kier molecular flexibility index (Phi) is 3.63. The number of carbonyl (C=O) groups excluding carboxylic acids is 1. The van der Waals surface area contributed by atoms with Crippen LogP contribution >= 0.6 is 0 Å². The Bertz CT molecular complexity index is 741. The van der Waals surface area contributed by atoms with Crippen molar-refractivity contribution in [3.05, 3.63) is 23.0 Å². The summed E-state index contributed by atoms with van der Waals surface area (Å²) in [5, 5.41) is 0.854. The van der Waals surface area contributed by atoms with Crippen molar-refractivity contribution in [3.63, 3.8) is 0 Å². The molecule has 4 nitrogen and oxygen atoms in total. The minimum atomic E-state index is -0.305. The molecule has 0 spiro atoms. The van der Waals surface area contributed by atoms with Gasteiger partial charge in [0.1, 0.15) is 5.75 Å². The summed E-state index contributed by atoms with van der Waals surface area (Å²) in [4.78, 5) is 11.6. The summed E-state index contributed by atoms with van der Waals surface area (Å²) in [7, 11) is 1.67.